The van der Waals surface area contributed by atoms with E-state index in [1.807, 2.05) is 17.5 Å². The summed E-state index contributed by atoms with van der Waals surface area (Å²) >= 11 is 1.52. The van der Waals surface area contributed by atoms with Crippen LogP contribution in [0.15, 0.2) is 41.8 Å². The third-order valence-electron chi connectivity index (χ3n) is 3.59. The van der Waals surface area contributed by atoms with Crippen molar-refractivity contribution in [2.24, 2.45) is 0 Å². The predicted octanol–water partition coefficient (Wildman–Crippen LogP) is 2.49. The van der Waals surface area contributed by atoms with E-state index in [1.165, 1.54) is 23.5 Å². The van der Waals surface area contributed by atoms with Gasteiger partial charge in [-0.05, 0) is 17.0 Å². The molecule has 2 N–H and O–H groups in total. The summed E-state index contributed by atoms with van der Waals surface area (Å²) in [7, 11) is 0. The number of rotatable bonds is 4. The Hall–Kier alpha value is -3.40. The lowest BCUT2D eigenvalue weighted by molar-refractivity contribution is -0.384. The fraction of sp³-hybridized carbons (Fsp3) is 0.0667. The lowest BCUT2D eigenvalue weighted by Crippen LogP contribution is -2.05. The number of nitrogen functional groups attached to an aromatic ring is 1. The molecule has 0 spiro atoms. The maximum atomic E-state index is 10.9. The fourth-order valence-corrected chi connectivity index (χ4v) is 3.22. The van der Waals surface area contributed by atoms with E-state index in [0.717, 1.165) is 10.4 Å². The number of hydrogen-bond donors (Lipinski definition) is 1. The molecule has 124 valence electrons. The Morgan fingerprint density at radius 2 is 2.12 bits per heavy atom. The lowest BCUT2D eigenvalue weighted by Gasteiger charge is -2.04. The van der Waals surface area contributed by atoms with Gasteiger partial charge in [-0.1, -0.05) is 23.4 Å². The Labute approximate surface area is 144 Å². The monoisotopic (exact) mass is 353 g/mol. The first kappa shape index (κ1) is 15.1. The van der Waals surface area contributed by atoms with Crippen molar-refractivity contribution < 1.29 is 4.92 Å². The minimum atomic E-state index is -0.433. The summed E-state index contributed by atoms with van der Waals surface area (Å²) in [6, 6.07) is 10.2. The second-order valence-electron chi connectivity index (χ2n) is 5.25. The zero-order valence-electron chi connectivity index (χ0n) is 12.7. The van der Waals surface area contributed by atoms with Gasteiger partial charge in [0.05, 0.1) is 16.3 Å². The molecule has 0 amide bonds. The van der Waals surface area contributed by atoms with E-state index in [0.29, 0.717) is 23.4 Å². The summed E-state index contributed by atoms with van der Waals surface area (Å²) in [5.74, 6) is 0.124. The lowest BCUT2D eigenvalue weighted by atomic mass is 10.2. The molecular formula is C15H11N7O2S. The largest absolute Gasteiger partial charge is 0.368 e. The maximum absolute atomic E-state index is 10.9. The van der Waals surface area contributed by atoms with Gasteiger partial charge in [0.1, 0.15) is 5.69 Å². The maximum Gasteiger partial charge on any atom is 0.269 e. The smallest absolute Gasteiger partial charge is 0.269 e. The second-order valence-corrected chi connectivity index (χ2v) is 6.20. The van der Waals surface area contributed by atoms with Crippen LogP contribution in [0.25, 0.3) is 21.7 Å². The highest BCUT2D eigenvalue weighted by Gasteiger charge is 2.16. The van der Waals surface area contributed by atoms with Crippen LogP contribution in [0.5, 0.6) is 0 Å². The van der Waals surface area contributed by atoms with Crippen LogP contribution in [0, 0.1) is 10.1 Å². The highest BCUT2D eigenvalue weighted by atomic mass is 32.1. The zero-order valence-corrected chi connectivity index (χ0v) is 13.6. The first-order valence-electron chi connectivity index (χ1n) is 7.26. The fourth-order valence-electron chi connectivity index (χ4n) is 2.51. The Morgan fingerprint density at radius 3 is 2.88 bits per heavy atom. The number of non-ortho nitro benzene ring substituents is 1. The summed E-state index contributed by atoms with van der Waals surface area (Å²) in [6.45, 7) is 0.290. The number of nitrogens with two attached hydrogens (primary N) is 1. The Morgan fingerprint density at radius 1 is 1.24 bits per heavy atom. The zero-order chi connectivity index (χ0) is 17.4. The quantitative estimate of drug-likeness (QED) is 0.441. The predicted molar refractivity (Wildman–Crippen MR) is 93.0 cm³/mol. The Kier molecular flexibility index (Phi) is 3.58. The molecule has 10 heteroatoms. The van der Waals surface area contributed by atoms with E-state index in [4.69, 9.17) is 5.73 Å². The molecule has 9 nitrogen and oxygen atoms in total. The normalized spacial score (nSPS) is 11.0. The van der Waals surface area contributed by atoms with Crippen molar-refractivity contribution in [2.45, 2.75) is 6.54 Å². The van der Waals surface area contributed by atoms with Crippen molar-refractivity contribution in [2.75, 3.05) is 5.73 Å². The van der Waals surface area contributed by atoms with Crippen molar-refractivity contribution in [1.82, 2.24) is 25.0 Å². The number of nitro groups is 1. The number of thiophene rings is 1. The molecule has 4 aromatic rings. The van der Waals surface area contributed by atoms with E-state index in [-0.39, 0.29) is 11.6 Å². The highest BCUT2D eigenvalue weighted by Crippen LogP contribution is 2.29. The van der Waals surface area contributed by atoms with Crippen LogP contribution in [-0.4, -0.2) is 29.9 Å². The molecule has 1 aromatic carbocycles. The van der Waals surface area contributed by atoms with Gasteiger partial charge in [-0.25, -0.2) is 9.67 Å². The Bertz CT molecular complexity index is 1070. The molecule has 0 bridgehead atoms. The number of nitro benzene ring substituents is 1. The van der Waals surface area contributed by atoms with Gasteiger partial charge in [0, 0.05) is 12.1 Å². The molecule has 0 radical (unpaired) electrons. The van der Waals surface area contributed by atoms with E-state index < -0.39 is 4.92 Å². The number of benzene rings is 1. The van der Waals surface area contributed by atoms with E-state index in [1.54, 1.807) is 16.8 Å². The number of aromatic nitrogens is 5. The van der Waals surface area contributed by atoms with Gasteiger partial charge in [-0.15, -0.1) is 16.4 Å². The number of nitrogens with zero attached hydrogens (tertiary/aromatic N) is 6. The molecule has 25 heavy (non-hydrogen) atoms. The summed E-state index contributed by atoms with van der Waals surface area (Å²) < 4.78 is 1.56. The van der Waals surface area contributed by atoms with Crippen LogP contribution >= 0.6 is 11.3 Å². The first-order chi connectivity index (χ1) is 12.1. The van der Waals surface area contributed by atoms with Gasteiger partial charge in [0.15, 0.2) is 11.2 Å². The average molecular weight is 353 g/mol. The minimum absolute atomic E-state index is 0.0235. The van der Waals surface area contributed by atoms with Gasteiger partial charge in [0.2, 0.25) is 5.95 Å². The van der Waals surface area contributed by atoms with Crippen LogP contribution < -0.4 is 5.73 Å². The van der Waals surface area contributed by atoms with Gasteiger partial charge in [-0.2, -0.15) is 4.98 Å². The summed E-state index contributed by atoms with van der Waals surface area (Å²) in [5.41, 5.74) is 8.24. The van der Waals surface area contributed by atoms with Gasteiger partial charge in [0.25, 0.3) is 5.69 Å². The first-order valence-corrected chi connectivity index (χ1v) is 8.14. The minimum Gasteiger partial charge on any atom is -0.368 e. The standard InChI is InChI=1S/C15H11N7O2S/c16-15-17-12(11-5-2-6-25-11)13-14(18-15)21(20-19-13)8-9-3-1-4-10(7-9)22(23)24/h1-7H,8H2,(H2,16,17,18). The number of anilines is 1. The van der Waals surface area contributed by atoms with E-state index in [9.17, 15) is 10.1 Å². The SMILES string of the molecule is Nc1nc(-c2cccs2)c2nnn(Cc3cccc([N+](=O)[O-])c3)c2n1. The van der Waals surface area contributed by atoms with E-state index >= 15 is 0 Å². The molecule has 0 aliphatic carbocycles. The summed E-state index contributed by atoms with van der Waals surface area (Å²) in [6.07, 6.45) is 0. The molecule has 0 saturated carbocycles. The molecule has 4 rings (SSSR count). The summed E-state index contributed by atoms with van der Waals surface area (Å²) in [4.78, 5) is 19.9. The van der Waals surface area contributed by atoms with E-state index in [2.05, 4.69) is 20.3 Å². The molecule has 3 heterocycles. The third kappa shape index (κ3) is 2.78. The van der Waals surface area contributed by atoms with Crippen LogP contribution in [0.2, 0.25) is 0 Å². The van der Waals surface area contributed by atoms with Gasteiger partial charge in [-0.3, -0.25) is 10.1 Å². The van der Waals surface area contributed by atoms with Gasteiger partial charge >= 0.3 is 0 Å². The molecule has 0 atom stereocenters. The second kappa shape index (κ2) is 5.91. The number of hydrogen-bond acceptors (Lipinski definition) is 8. The molecule has 3 aromatic heterocycles. The van der Waals surface area contributed by atoms with Crippen molar-refractivity contribution in [3.8, 4) is 10.6 Å². The molecule has 0 aliphatic rings. The van der Waals surface area contributed by atoms with Gasteiger partial charge < -0.3 is 5.73 Å². The van der Waals surface area contributed by atoms with Crippen molar-refractivity contribution in [1.29, 1.82) is 0 Å². The molecule has 0 aliphatic heterocycles. The topological polar surface area (TPSA) is 126 Å². The Balaban J connectivity index is 1.79. The summed E-state index contributed by atoms with van der Waals surface area (Å²) in [5, 5.41) is 21.2. The molecule has 0 fully saturated rings. The van der Waals surface area contributed by atoms with Crippen molar-refractivity contribution in [3.05, 3.63) is 57.5 Å². The molecule has 0 saturated heterocycles. The third-order valence-corrected chi connectivity index (χ3v) is 4.46. The van der Waals surface area contributed by atoms with Crippen LogP contribution in [0.3, 0.4) is 0 Å². The average Bonchev–Trinajstić information content (AvgIpc) is 3.25. The van der Waals surface area contributed by atoms with Crippen molar-refractivity contribution in [3.63, 3.8) is 0 Å². The molecular weight excluding hydrogens is 342 g/mol. The van der Waals surface area contributed by atoms with Crippen LogP contribution in [0.4, 0.5) is 11.6 Å². The van der Waals surface area contributed by atoms with Crippen LogP contribution in [-0.2, 0) is 6.54 Å². The van der Waals surface area contributed by atoms with Crippen LogP contribution in [0.1, 0.15) is 5.56 Å². The highest BCUT2D eigenvalue weighted by molar-refractivity contribution is 7.13. The number of fused-ring (bicyclic) bond motifs is 1. The molecule has 0 unspecified atom stereocenters. The van der Waals surface area contributed by atoms with Crippen molar-refractivity contribution >= 4 is 34.1 Å².